The molecule has 0 saturated heterocycles. The minimum Gasteiger partial charge on any atom is -0.456 e. The van der Waals surface area contributed by atoms with E-state index < -0.39 is 216 Å². The zero-order chi connectivity index (χ0) is 46.6. The van der Waals surface area contributed by atoms with E-state index in [2.05, 4.69) is 0 Å². The molecule has 0 aliphatic heterocycles. The van der Waals surface area contributed by atoms with Crippen LogP contribution in [0.3, 0.4) is 0 Å². The number of para-hydroxylation sites is 1. The van der Waals surface area contributed by atoms with E-state index in [1.54, 1.807) is 0 Å². The van der Waals surface area contributed by atoms with Gasteiger partial charge in [0.1, 0.15) is 11.2 Å². The quantitative estimate of drug-likeness (QED) is 0.211. The SMILES string of the molecule is [2H]c1c([2H])c([2H])c(-c2c([2H])c([2H])c([2H])c([2H])c2-c2c3c([2H])c([2H])c([2H])c([2H])c3c(-c3c([2H])c([2H])c4c(oc5c([2H])c([2H])c([2H])c([2H])c54)c3[2H])c3c([2H])c([2H])c([2H])c([2H])c23)c([2H])c1[2H]. The summed E-state index contributed by atoms with van der Waals surface area (Å²) in [6.45, 7) is 0. The number of benzene rings is 7. The van der Waals surface area contributed by atoms with Crippen LogP contribution in [-0.4, -0.2) is 0 Å². The van der Waals surface area contributed by atoms with Gasteiger partial charge in [-0.15, -0.1) is 0 Å². The highest BCUT2D eigenvalue weighted by Crippen LogP contribution is 2.46. The first-order chi connectivity index (χ1) is 29.3. The Kier molecular flexibility index (Phi) is 1.94. The smallest absolute Gasteiger partial charge is 0.136 e. The second kappa shape index (κ2) is 8.72. The third kappa shape index (κ3) is 3.41. The summed E-state index contributed by atoms with van der Waals surface area (Å²) < 4.78 is 218. The van der Waals surface area contributed by atoms with Gasteiger partial charge in [0.2, 0.25) is 0 Å². The lowest BCUT2D eigenvalue weighted by molar-refractivity contribution is 0.669. The van der Waals surface area contributed by atoms with Gasteiger partial charge in [-0.2, -0.15) is 0 Å². The lowest BCUT2D eigenvalue weighted by atomic mass is 9.84. The Balaban J connectivity index is 1.76. The highest BCUT2D eigenvalue weighted by Gasteiger charge is 2.19. The van der Waals surface area contributed by atoms with Gasteiger partial charge < -0.3 is 4.42 Å². The van der Waals surface area contributed by atoms with Crippen molar-refractivity contribution in [3.8, 4) is 33.4 Å². The van der Waals surface area contributed by atoms with Gasteiger partial charge in [0.15, 0.2) is 0 Å². The number of rotatable bonds is 3. The van der Waals surface area contributed by atoms with Crippen molar-refractivity contribution in [2.24, 2.45) is 0 Å². The van der Waals surface area contributed by atoms with Crippen molar-refractivity contribution < 1.29 is 37.3 Å². The van der Waals surface area contributed by atoms with Crippen molar-refractivity contribution in [2.45, 2.75) is 0 Å². The molecule has 8 aromatic rings. The summed E-state index contributed by atoms with van der Waals surface area (Å²) in [5.41, 5.74) is -5.60. The van der Waals surface area contributed by atoms with E-state index >= 15 is 0 Å². The van der Waals surface area contributed by atoms with Gasteiger partial charge in [-0.3, -0.25) is 0 Å². The van der Waals surface area contributed by atoms with Gasteiger partial charge in [-0.1, -0.05) is 127 Å². The molecule has 0 aliphatic rings. The Morgan fingerprint density at radius 1 is 0.359 bits per heavy atom. The van der Waals surface area contributed by atoms with Crippen molar-refractivity contribution in [3.63, 3.8) is 0 Å². The topological polar surface area (TPSA) is 13.1 Å². The van der Waals surface area contributed by atoms with E-state index in [1.165, 1.54) is 0 Å². The maximum atomic E-state index is 9.48. The average Bonchev–Trinajstić information content (AvgIpc) is 3.67. The van der Waals surface area contributed by atoms with Crippen LogP contribution in [-0.2, 0) is 0 Å². The Morgan fingerprint density at radius 2 is 0.872 bits per heavy atom. The van der Waals surface area contributed by atoms with Crippen LogP contribution in [0.4, 0.5) is 0 Å². The van der Waals surface area contributed by atoms with E-state index in [0.29, 0.717) is 0 Å². The minimum atomic E-state index is -1.02. The molecule has 0 spiro atoms. The molecule has 1 heteroatoms. The van der Waals surface area contributed by atoms with E-state index in [0.717, 1.165) is 0 Å². The van der Waals surface area contributed by atoms with Crippen LogP contribution < -0.4 is 0 Å². The van der Waals surface area contributed by atoms with Gasteiger partial charge in [-0.05, 0) is 73.1 Å². The summed E-state index contributed by atoms with van der Waals surface area (Å²) >= 11 is 0. The highest BCUT2D eigenvalue weighted by molar-refractivity contribution is 6.23. The van der Waals surface area contributed by atoms with Crippen molar-refractivity contribution >= 4 is 43.5 Å². The molecule has 0 atom stereocenters. The van der Waals surface area contributed by atoms with Crippen LogP contribution in [0.25, 0.3) is 76.9 Å². The van der Waals surface area contributed by atoms with Gasteiger partial charge in [0.05, 0.1) is 32.9 Å². The summed E-state index contributed by atoms with van der Waals surface area (Å²) in [6, 6.07) is -21.8. The van der Waals surface area contributed by atoms with Crippen molar-refractivity contribution in [3.05, 3.63) is 145 Å². The lowest BCUT2D eigenvalue weighted by Gasteiger charge is -2.19. The molecule has 1 aromatic heterocycles. The van der Waals surface area contributed by atoms with Crippen LogP contribution in [0.2, 0.25) is 0 Å². The fourth-order valence-corrected chi connectivity index (χ4v) is 4.61. The summed E-state index contributed by atoms with van der Waals surface area (Å²) in [6.07, 6.45) is 0. The maximum absolute atomic E-state index is 9.48. The van der Waals surface area contributed by atoms with Gasteiger partial charge in [-0.25, -0.2) is 0 Å². The first-order valence-electron chi connectivity index (χ1n) is 23.4. The molecule has 182 valence electrons. The Morgan fingerprint density at radius 3 is 1.56 bits per heavy atom. The molecular formula is C38H24O. The fraction of sp³-hybridized carbons (Fsp3) is 0. The Bertz CT molecular complexity index is 3390. The number of fused-ring (bicyclic) bond motifs is 5. The van der Waals surface area contributed by atoms with Crippen molar-refractivity contribution in [2.75, 3.05) is 0 Å². The van der Waals surface area contributed by atoms with Crippen LogP contribution in [0.1, 0.15) is 32.9 Å². The molecule has 0 amide bonds. The van der Waals surface area contributed by atoms with E-state index in [4.69, 9.17) is 27.7 Å². The van der Waals surface area contributed by atoms with Crippen LogP contribution in [0.5, 0.6) is 0 Å². The standard InChI is InChI=1S/C38H24O/c1-2-12-25(13-3-1)27-14-4-5-16-30(27)38-33-19-8-6-17-31(33)37(32-18-7-9-20-34(32)38)26-22-23-29-28-15-10-11-21-35(28)39-36(29)24-26/h1-24H/i1D,2D,3D,4D,5D,6D,7D,8D,9D,10D,11D,12D,13D,14D,15D,16D,17D,18D,19D,20D,21D,22D,23D,24D. The molecule has 8 rings (SSSR count). The molecule has 0 radical (unpaired) electrons. The average molecular weight is 521 g/mol. The first-order valence-corrected chi connectivity index (χ1v) is 11.4. The van der Waals surface area contributed by atoms with Gasteiger partial charge in [0.25, 0.3) is 0 Å². The largest absolute Gasteiger partial charge is 0.456 e. The van der Waals surface area contributed by atoms with Gasteiger partial charge >= 0.3 is 0 Å². The Hall–Kier alpha value is -5.14. The molecule has 0 unspecified atom stereocenters. The first kappa shape index (κ1) is 8.69. The third-order valence-electron chi connectivity index (χ3n) is 6.20. The van der Waals surface area contributed by atoms with Crippen LogP contribution >= 0.6 is 0 Å². The lowest BCUT2D eigenvalue weighted by Crippen LogP contribution is -1.92. The second-order valence-corrected chi connectivity index (χ2v) is 8.26. The minimum absolute atomic E-state index is 0.359. The van der Waals surface area contributed by atoms with E-state index in [-0.39, 0.29) is 5.39 Å². The van der Waals surface area contributed by atoms with Crippen LogP contribution in [0.15, 0.2) is 149 Å². The third-order valence-corrected chi connectivity index (χ3v) is 6.20. The molecule has 0 bridgehead atoms. The molecule has 7 aromatic carbocycles. The maximum Gasteiger partial charge on any atom is 0.136 e. The number of hydrogen-bond acceptors (Lipinski definition) is 1. The van der Waals surface area contributed by atoms with Crippen molar-refractivity contribution in [1.82, 2.24) is 0 Å². The monoisotopic (exact) mass is 520 g/mol. The molecular weight excluding hydrogens is 472 g/mol. The van der Waals surface area contributed by atoms with Crippen molar-refractivity contribution in [1.29, 1.82) is 0 Å². The Labute approximate surface area is 260 Å². The molecule has 1 nitrogen and oxygen atoms in total. The highest BCUT2D eigenvalue weighted by atomic mass is 16.3. The summed E-state index contributed by atoms with van der Waals surface area (Å²) in [5, 5.41) is -3.61. The molecule has 1 heterocycles. The fourth-order valence-electron chi connectivity index (χ4n) is 4.61. The summed E-state index contributed by atoms with van der Waals surface area (Å²) in [4.78, 5) is 0. The zero-order valence-corrected chi connectivity index (χ0v) is 19.4. The number of furan rings is 1. The van der Waals surface area contributed by atoms with E-state index in [1.807, 2.05) is 0 Å². The summed E-state index contributed by atoms with van der Waals surface area (Å²) in [5.74, 6) is 0. The molecule has 0 saturated carbocycles. The summed E-state index contributed by atoms with van der Waals surface area (Å²) in [7, 11) is 0. The number of hydrogen-bond donors (Lipinski definition) is 0. The molecule has 39 heavy (non-hydrogen) atoms. The second-order valence-electron chi connectivity index (χ2n) is 8.26. The van der Waals surface area contributed by atoms with Crippen LogP contribution in [0, 0.1) is 0 Å². The van der Waals surface area contributed by atoms with Gasteiger partial charge in [0, 0.05) is 10.8 Å². The molecule has 0 aliphatic carbocycles. The predicted octanol–water partition coefficient (Wildman–Crippen LogP) is 10.9. The van der Waals surface area contributed by atoms with E-state index in [9.17, 15) is 9.60 Å². The normalized spacial score (nSPS) is 20.2. The molecule has 0 fully saturated rings. The zero-order valence-electron chi connectivity index (χ0n) is 43.4. The molecule has 0 N–H and O–H groups in total. The predicted molar refractivity (Wildman–Crippen MR) is 165 cm³/mol.